The number of amides is 1. The molecule has 5 nitrogen and oxygen atoms in total. The minimum atomic E-state index is -0.260. The van der Waals surface area contributed by atoms with Gasteiger partial charge in [0.1, 0.15) is 5.75 Å². The highest BCUT2D eigenvalue weighted by Crippen LogP contribution is 2.22. The van der Waals surface area contributed by atoms with E-state index in [9.17, 15) is 4.79 Å². The fourth-order valence-electron chi connectivity index (χ4n) is 2.14. The summed E-state index contributed by atoms with van der Waals surface area (Å²) in [5, 5.41) is 2.77. The fourth-order valence-corrected chi connectivity index (χ4v) is 2.14. The number of para-hydroxylation sites is 4. The van der Waals surface area contributed by atoms with Crippen molar-refractivity contribution in [2.45, 2.75) is 0 Å². The average molecular weight is 305 g/mol. The third kappa shape index (κ3) is 3.52. The third-order valence-corrected chi connectivity index (χ3v) is 3.24. The summed E-state index contributed by atoms with van der Waals surface area (Å²) >= 11 is 0. The number of fused-ring (bicyclic) bond motifs is 1. The normalized spacial score (nSPS) is 10.8. The van der Waals surface area contributed by atoms with Crippen LogP contribution in [0.5, 0.6) is 5.75 Å². The standard InChI is InChI=1S/C18H15N3O2/c1-23-17-9-5-4-8-16(17)21-18(22)11-10-13-12-19-14-6-2-3-7-15(14)20-13/h2-12H,1H3,(H,21,22)/b11-10+. The van der Waals surface area contributed by atoms with E-state index in [0.717, 1.165) is 11.0 Å². The lowest BCUT2D eigenvalue weighted by molar-refractivity contribution is -0.111. The fraction of sp³-hybridized carbons (Fsp3) is 0.0556. The van der Waals surface area contributed by atoms with E-state index in [2.05, 4.69) is 15.3 Å². The summed E-state index contributed by atoms with van der Waals surface area (Å²) in [7, 11) is 1.56. The summed E-state index contributed by atoms with van der Waals surface area (Å²) in [6.45, 7) is 0. The maximum atomic E-state index is 12.0. The number of anilines is 1. The first-order valence-corrected chi connectivity index (χ1v) is 7.10. The minimum absolute atomic E-state index is 0.260. The Bertz CT molecular complexity index is 875. The van der Waals surface area contributed by atoms with Gasteiger partial charge in [0.2, 0.25) is 5.91 Å². The number of nitrogens with one attached hydrogen (secondary N) is 1. The van der Waals surface area contributed by atoms with Gasteiger partial charge in [0.05, 0.1) is 35.7 Å². The Morgan fingerprint density at radius 2 is 1.83 bits per heavy atom. The van der Waals surface area contributed by atoms with Crippen molar-refractivity contribution in [3.63, 3.8) is 0 Å². The van der Waals surface area contributed by atoms with E-state index in [1.807, 2.05) is 36.4 Å². The SMILES string of the molecule is COc1ccccc1NC(=O)/C=C/c1cnc2ccccc2n1. The van der Waals surface area contributed by atoms with Crippen LogP contribution in [0.3, 0.4) is 0 Å². The molecule has 3 aromatic rings. The van der Waals surface area contributed by atoms with Gasteiger partial charge in [-0.1, -0.05) is 24.3 Å². The zero-order valence-corrected chi connectivity index (χ0v) is 12.6. The molecule has 0 bridgehead atoms. The molecule has 0 radical (unpaired) electrons. The van der Waals surface area contributed by atoms with E-state index < -0.39 is 0 Å². The van der Waals surface area contributed by atoms with Crippen molar-refractivity contribution in [2.24, 2.45) is 0 Å². The molecule has 1 amide bonds. The van der Waals surface area contributed by atoms with Gasteiger partial charge in [-0.05, 0) is 30.3 Å². The second-order valence-corrected chi connectivity index (χ2v) is 4.81. The highest BCUT2D eigenvalue weighted by Gasteiger charge is 2.04. The van der Waals surface area contributed by atoms with Gasteiger partial charge >= 0.3 is 0 Å². The Morgan fingerprint density at radius 3 is 2.65 bits per heavy atom. The summed E-state index contributed by atoms with van der Waals surface area (Å²) in [6.07, 6.45) is 4.69. The van der Waals surface area contributed by atoms with Crippen LogP contribution in [0, 0.1) is 0 Å². The van der Waals surface area contributed by atoms with Crippen molar-refractivity contribution in [1.29, 1.82) is 0 Å². The number of carbonyl (C=O) groups is 1. The summed E-state index contributed by atoms with van der Waals surface area (Å²) in [6, 6.07) is 14.8. The maximum Gasteiger partial charge on any atom is 0.248 e. The van der Waals surface area contributed by atoms with Gasteiger partial charge in [0.15, 0.2) is 0 Å². The summed E-state index contributed by atoms with van der Waals surface area (Å²) in [5.41, 5.74) is 2.86. The van der Waals surface area contributed by atoms with Crippen LogP contribution in [0.15, 0.2) is 60.8 Å². The Labute approximate surface area is 133 Å². The first-order valence-electron chi connectivity index (χ1n) is 7.10. The van der Waals surface area contributed by atoms with E-state index in [1.54, 1.807) is 31.5 Å². The van der Waals surface area contributed by atoms with E-state index in [0.29, 0.717) is 17.1 Å². The number of aromatic nitrogens is 2. The molecular weight excluding hydrogens is 290 g/mol. The molecule has 1 aromatic heterocycles. The molecule has 1 N–H and O–H groups in total. The molecule has 23 heavy (non-hydrogen) atoms. The molecule has 5 heteroatoms. The summed E-state index contributed by atoms with van der Waals surface area (Å²) in [4.78, 5) is 20.8. The molecule has 0 aliphatic carbocycles. The van der Waals surface area contributed by atoms with Crippen LogP contribution >= 0.6 is 0 Å². The van der Waals surface area contributed by atoms with Gasteiger partial charge < -0.3 is 10.1 Å². The lowest BCUT2D eigenvalue weighted by Gasteiger charge is -2.07. The maximum absolute atomic E-state index is 12.0. The van der Waals surface area contributed by atoms with E-state index in [1.165, 1.54) is 6.08 Å². The summed E-state index contributed by atoms with van der Waals surface area (Å²) in [5.74, 6) is 0.351. The zero-order chi connectivity index (χ0) is 16.1. The predicted molar refractivity (Wildman–Crippen MR) is 90.2 cm³/mol. The Kier molecular flexibility index (Phi) is 4.29. The lowest BCUT2D eigenvalue weighted by Crippen LogP contribution is -2.08. The molecule has 2 aromatic carbocycles. The van der Waals surface area contributed by atoms with Crippen LogP contribution in [0.2, 0.25) is 0 Å². The second-order valence-electron chi connectivity index (χ2n) is 4.81. The number of methoxy groups -OCH3 is 1. The van der Waals surface area contributed by atoms with Crippen molar-refractivity contribution in [2.75, 3.05) is 12.4 Å². The number of rotatable bonds is 4. The van der Waals surface area contributed by atoms with Gasteiger partial charge in [-0.2, -0.15) is 0 Å². The Morgan fingerprint density at radius 1 is 1.09 bits per heavy atom. The van der Waals surface area contributed by atoms with Crippen molar-refractivity contribution in [1.82, 2.24) is 9.97 Å². The number of ether oxygens (including phenoxy) is 1. The van der Waals surface area contributed by atoms with Crippen molar-refractivity contribution in [3.8, 4) is 5.75 Å². The average Bonchev–Trinajstić information content (AvgIpc) is 2.60. The molecule has 0 aliphatic rings. The number of hydrogen-bond donors (Lipinski definition) is 1. The molecule has 114 valence electrons. The van der Waals surface area contributed by atoms with Crippen LogP contribution in [0.25, 0.3) is 17.1 Å². The first kappa shape index (κ1) is 14.7. The number of nitrogens with zero attached hydrogens (tertiary/aromatic N) is 2. The van der Waals surface area contributed by atoms with Gasteiger partial charge in [0.25, 0.3) is 0 Å². The number of benzene rings is 2. The van der Waals surface area contributed by atoms with Crippen LogP contribution in [-0.2, 0) is 4.79 Å². The van der Waals surface area contributed by atoms with E-state index in [-0.39, 0.29) is 5.91 Å². The zero-order valence-electron chi connectivity index (χ0n) is 12.6. The quantitative estimate of drug-likeness (QED) is 0.751. The minimum Gasteiger partial charge on any atom is -0.495 e. The Hall–Kier alpha value is -3.21. The number of carbonyl (C=O) groups excluding carboxylic acids is 1. The number of hydrogen-bond acceptors (Lipinski definition) is 4. The molecule has 0 saturated heterocycles. The van der Waals surface area contributed by atoms with Gasteiger partial charge in [0, 0.05) is 6.08 Å². The van der Waals surface area contributed by atoms with E-state index >= 15 is 0 Å². The van der Waals surface area contributed by atoms with Crippen molar-refractivity contribution < 1.29 is 9.53 Å². The molecule has 1 heterocycles. The van der Waals surface area contributed by atoms with Crippen molar-refractivity contribution >= 4 is 28.7 Å². The van der Waals surface area contributed by atoms with Crippen LogP contribution in [0.4, 0.5) is 5.69 Å². The summed E-state index contributed by atoms with van der Waals surface area (Å²) < 4.78 is 5.20. The second kappa shape index (κ2) is 6.70. The monoisotopic (exact) mass is 305 g/mol. The smallest absolute Gasteiger partial charge is 0.248 e. The largest absolute Gasteiger partial charge is 0.495 e. The lowest BCUT2D eigenvalue weighted by atomic mass is 10.2. The molecule has 0 unspecified atom stereocenters. The van der Waals surface area contributed by atoms with Gasteiger partial charge in [-0.25, -0.2) is 4.98 Å². The Balaban J connectivity index is 1.74. The molecule has 0 fully saturated rings. The highest BCUT2D eigenvalue weighted by atomic mass is 16.5. The van der Waals surface area contributed by atoms with Crippen LogP contribution in [-0.4, -0.2) is 23.0 Å². The van der Waals surface area contributed by atoms with Crippen molar-refractivity contribution in [3.05, 3.63) is 66.5 Å². The molecular formula is C18H15N3O2. The molecule has 3 rings (SSSR count). The highest BCUT2D eigenvalue weighted by molar-refractivity contribution is 6.02. The van der Waals surface area contributed by atoms with Crippen LogP contribution in [0.1, 0.15) is 5.69 Å². The third-order valence-electron chi connectivity index (χ3n) is 3.24. The topological polar surface area (TPSA) is 64.1 Å². The van der Waals surface area contributed by atoms with Gasteiger partial charge in [-0.3, -0.25) is 9.78 Å². The van der Waals surface area contributed by atoms with Crippen LogP contribution < -0.4 is 10.1 Å². The predicted octanol–water partition coefficient (Wildman–Crippen LogP) is 3.29. The molecule has 0 spiro atoms. The molecule has 0 aliphatic heterocycles. The van der Waals surface area contributed by atoms with E-state index in [4.69, 9.17) is 4.74 Å². The molecule has 0 atom stereocenters. The molecule has 0 saturated carbocycles. The first-order chi connectivity index (χ1) is 11.3. The van der Waals surface area contributed by atoms with Gasteiger partial charge in [-0.15, -0.1) is 0 Å².